The minimum atomic E-state index is -1.34. The molecular formula is C17H32O4S2. The van der Waals surface area contributed by atoms with Crippen LogP contribution in [0, 0.1) is 5.41 Å². The van der Waals surface area contributed by atoms with Crippen molar-refractivity contribution in [3.05, 3.63) is 0 Å². The fourth-order valence-electron chi connectivity index (χ4n) is 3.55. The van der Waals surface area contributed by atoms with Crippen molar-refractivity contribution in [1.82, 2.24) is 0 Å². The first-order valence-electron chi connectivity index (χ1n) is 9.00. The zero-order valence-corrected chi connectivity index (χ0v) is 15.6. The van der Waals surface area contributed by atoms with Crippen LogP contribution in [0.15, 0.2) is 0 Å². The lowest BCUT2D eigenvalue weighted by molar-refractivity contribution is -0.0623. The number of hydrogen-bond donors (Lipinski definition) is 4. The maximum Gasteiger partial charge on any atom is 0.170 e. The Kier molecular flexibility index (Phi) is 8.03. The lowest BCUT2D eigenvalue weighted by atomic mass is 9.91. The van der Waals surface area contributed by atoms with Gasteiger partial charge < -0.3 is 20.4 Å². The molecule has 136 valence electrons. The van der Waals surface area contributed by atoms with Gasteiger partial charge in [0.2, 0.25) is 0 Å². The molecular weight excluding hydrogens is 332 g/mol. The maximum absolute atomic E-state index is 11.5. The summed E-state index contributed by atoms with van der Waals surface area (Å²) in [5, 5.41) is 41.7. The Morgan fingerprint density at radius 1 is 0.652 bits per heavy atom. The van der Waals surface area contributed by atoms with Crippen molar-refractivity contribution in [3.8, 4) is 0 Å². The van der Waals surface area contributed by atoms with Crippen LogP contribution in [0.1, 0.15) is 64.2 Å². The topological polar surface area (TPSA) is 80.9 Å². The fraction of sp³-hybridized carbons (Fsp3) is 1.00. The summed E-state index contributed by atoms with van der Waals surface area (Å²) in [7, 11) is 0. The summed E-state index contributed by atoms with van der Waals surface area (Å²) in [5.74, 6) is 0. The lowest BCUT2D eigenvalue weighted by Crippen LogP contribution is -2.53. The standard InChI is InChI=1S/C17H32O4S2/c18-11-16(12-19,13-20)17(21,22-14-7-3-1-4-8-14)23-15-9-5-2-6-10-15/h14-15,18-21H,1-13H2. The third kappa shape index (κ3) is 4.79. The minimum absolute atomic E-state index is 0.342. The quantitative estimate of drug-likeness (QED) is 0.496. The molecule has 0 radical (unpaired) electrons. The summed E-state index contributed by atoms with van der Waals surface area (Å²) in [4.78, 5) is 0. The molecule has 0 aromatic rings. The molecule has 0 amide bonds. The van der Waals surface area contributed by atoms with E-state index in [-0.39, 0.29) is 0 Å². The van der Waals surface area contributed by atoms with Crippen molar-refractivity contribution in [3.63, 3.8) is 0 Å². The Morgan fingerprint density at radius 3 is 1.30 bits per heavy atom. The van der Waals surface area contributed by atoms with E-state index in [0.29, 0.717) is 10.5 Å². The molecule has 2 saturated carbocycles. The van der Waals surface area contributed by atoms with Gasteiger partial charge in [0.1, 0.15) is 0 Å². The molecule has 0 aromatic carbocycles. The van der Waals surface area contributed by atoms with Crippen LogP contribution in [0.2, 0.25) is 0 Å². The van der Waals surface area contributed by atoms with Gasteiger partial charge in [0.15, 0.2) is 4.27 Å². The Bertz CT molecular complexity index is 309. The first kappa shape index (κ1) is 19.9. The predicted octanol–water partition coefficient (Wildman–Crippen LogP) is 2.73. The van der Waals surface area contributed by atoms with Crippen LogP contribution in [0.4, 0.5) is 0 Å². The van der Waals surface area contributed by atoms with Crippen molar-refractivity contribution < 1.29 is 20.4 Å². The summed E-state index contributed by atoms with van der Waals surface area (Å²) in [6, 6.07) is 0. The highest BCUT2D eigenvalue weighted by molar-refractivity contribution is 8.18. The van der Waals surface area contributed by atoms with E-state index in [1.165, 1.54) is 62.0 Å². The van der Waals surface area contributed by atoms with Gasteiger partial charge in [-0.15, -0.1) is 23.5 Å². The zero-order valence-electron chi connectivity index (χ0n) is 14.0. The first-order valence-corrected chi connectivity index (χ1v) is 10.8. The number of hydrogen-bond acceptors (Lipinski definition) is 6. The first-order chi connectivity index (χ1) is 11.1. The molecule has 23 heavy (non-hydrogen) atoms. The second kappa shape index (κ2) is 9.30. The van der Waals surface area contributed by atoms with E-state index >= 15 is 0 Å². The number of rotatable bonds is 8. The van der Waals surface area contributed by atoms with Crippen LogP contribution in [-0.4, -0.2) is 55.0 Å². The number of aliphatic hydroxyl groups is 4. The van der Waals surface area contributed by atoms with Crippen molar-refractivity contribution in [2.45, 2.75) is 79.0 Å². The van der Waals surface area contributed by atoms with Crippen molar-refractivity contribution in [2.75, 3.05) is 19.8 Å². The molecule has 0 heterocycles. The maximum atomic E-state index is 11.5. The number of thioether (sulfide) groups is 2. The molecule has 0 unspecified atom stereocenters. The van der Waals surface area contributed by atoms with Gasteiger partial charge in [0.05, 0.1) is 25.2 Å². The third-order valence-electron chi connectivity index (χ3n) is 5.34. The van der Waals surface area contributed by atoms with Crippen LogP contribution in [0.3, 0.4) is 0 Å². The molecule has 2 fully saturated rings. The highest BCUT2D eigenvalue weighted by Crippen LogP contribution is 2.54. The Hall–Kier alpha value is 0.540. The SMILES string of the molecule is OCC(CO)(CO)C(O)(SC1CCCCC1)SC1CCCCC1. The second-order valence-electron chi connectivity index (χ2n) is 7.09. The molecule has 0 bridgehead atoms. The van der Waals surface area contributed by atoms with Crippen molar-refractivity contribution in [1.29, 1.82) is 0 Å². The summed E-state index contributed by atoms with van der Waals surface area (Å²) in [5.41, 5.74) is -1.27. The van der Waals surface area contributed by atoms with E-state index in [9.17, 15) is 20.4 Å². The molecule has 4 N–H and O–H groups in total. The van der Waals surface area contributed by atoms with E-state index in [1.807, 2.05) is 0 Å². The van der Waals surface area contributed by atoms with Gasteiger partial charge in [0.25, 0.3) is 0 Å². The van der Waals surface area contributed by atoms with Crippen LogP contribution in [0.5, 0.6) is 0 Å². The monoisotopic (exact) mass is 364 g/mol. The lowest BCUT2D eigenvalue weighted by Gasteiger charge is -2.46. The van der Waals surface area contributed by atoms with Gasteiger partial charge in [-0.3, -0.25) is 0 Å². The molecule has 2 aliphatic carbocycles. The molecule has 0 saturated heterocycles. The van der Waals surface area contributed by atoms with E-state index in [1.54, 1.807) is 0 Å². The molecule has 4 nitrogen and oxygen atoms in total. The Morgan fingerprint density at radius 2 is 1.00 bits per heavy atom. The highest BCUT2D eigenvalue weighted by Gasteiger charge is 2.53. The highest BCUT2D eigenvalue weighted by atomic mass is 32.2. The smallest absolute Gasteiger partial charge is 0.170 e. The molecule has 0 atom stereocenters. The molecule has 0 aromatic heterocycles. The minimum Gasteiger partial charge on any atom is -0.395 e. The van der Waals surface area contributed by atoms with Crippen LogP contribution >= 0.6 is 23.5 Å². The van der Waals surface area contributed by atoms with Gasteiger partial charge in [0, 0.05) is 10.5 Å². The summed E-state index contributed by atoms with van der Waals surface area (Å²) in [6.07, 6.45) is 11.4. The zero-order chi connectivity index (χ0) is 16.8. The molecule has 0 spiro atoms. The molecule has 2 rings (SSSR count). The molecule has 2 aliphatic rings. The Balaban J connectivity index is 2.16. The molecule has 0 aliphatic heterocycles. The summed E-state index contributed by atoms with van der Waals surface area (Å²) >= 11 is 2.96. The van der Waals surface area contributed by atoms with Crippen LogP contribution < -0.4 is 0 Å². The van der Waals surface area contributed by atoms with E-state index < -0.39 is 29.5 Å². The van der Waals surface area contributed by atoms with Gasteiger partial charge in [-0.2, -0.15) is 0 Å². The van der Waals surface area contributed by atoms with Gasteiger partial charge in [-0.05, 0) is 25.7 Å². The predicted molar refractivity (Wildman–Crippen MR) is 97.6 cm³/mol. The van der Waals surface area contributed by atoms with E-state index in [4.69, 9.17) is 0 Å². The van der Waals surface area contributed by atoms with E-state index in [2.05, 4.69) is 0 Å². The van der Waals surface area contributed by atoms with E-state index in [0.717, 1.165) is 25.7 Å². The van der Waals surface area contributed by atoms with Crippen LogP contribution in [-0.2, 0) is 0 Å². The summed E-state index contributed by atoms with van der Waals surface area (Å²) in [6.45, 7) is -1.22. The number of aliphatic hydroxyl groups excluding tert-OH is 3. The largest absolute Gasteiger partial charge is 0.395 e. The second-order valence-corrected chi connectivity index (χ2v) is 10.3. The molecule has 6 heteroatoms. The normalized spacial score (nSPS) is 22.4. The van der Waals surface area contributed by atoms with Gasteiger partial charge in [-0.1, -0.05) is 38.5 Å². The summed E-state index contributed by atoms with van der Waals surface area (Å²) < 4.78 is -1.34. The third-order valence-corrected chi connectivity index (χ3v) is 9.03. The van der Waals surface area contributed by atoms with Crippen LogP contribution in [0.25, 0.3) is 0 Å². The van der Waals surface area contributed by atoms with Gasteiger partial charge in [-0.25, -0.2) is 0 Å². The average molecular weight is 365 g/mol. The fourth-order valence-corrected chi connectivity index (χ4v) is 7.51. The van der Waals surface area contributed by atoms with Gasteiger partial charge >= 0.3 is 0 Å². The Labute approximate surface area is 148 Å². The van der Waals surface area contributed by atoms with Crippen molar-refractivity contribution >= 4 is 23.5 Å². The van der Waals surface area contributed by atoms with Crippen molar-refractivity contribution in [2.24, 2.45) is 5.41 Å². The average Bonchev–Trinajstić information content (AvgIpc) is 2.58.